The number of aryl methyl sites for hydroxylation is 1. The number of nitrogens with one attached hydrogen (secondary N) is 1. The Morgan fingerprint density at radius 1 is 1.32 bits per heavy atom. The molecule has 1 aliphatic rings. The summed E-state index contributed by atoms with van der Waals surface area (Å²) >= 11 is 0. The average molecular weight is 301 g/mol. The molecule has 0 spiro atoms. The van der Waals surface area contributed by atoms with E-state index >= 15 is 0 Å². The number of halogens is 1. The molecule has 4 nitrogen and oxygen atoms in total. The van der Waals surface area contributed by atoms with Crippen molar-refractivity contribution in [1.82, 2.24) is 15.1 Å². The number of aromatic nitrogens is 2. The highest BCUT2D eigenvalue weighted by Crippen LogP contribution is 2.20. The molecule has 2 aromatic rings. The smallest absolute Gasteiger partial charge is 0.271 e. The first kappa shape index (κ1) is 14.9. The molecule has 1 heterocycles. The second kappa shape index (κ2) is 6.40. The third-order valence-electron chi connectivity index (χ3n) is 3.78. The Bertz CT molecular complexity index is 705. The third kappa shape index (κ3) is 3.42. The minimum Gasteiger partial charge on any atom is -0.310 e. The topological polar surface area (TPSA) is 46.9 Å². The van der Waals surface area contributed by atoms with Crippen LogP contribution in [0.1, 0.15) is 31.7 Å². The van der Waals surface area contributed by atoms with Gasteiger partial charge in [0.15, 0.2) is 0 Å². The second-order valence-electron chi connectivity index (χ2n) is 5.75. The average Bonchev–Trinajstić information content (AvgIpc) is 3.33. The zero-order valence-electron chi connectivity index (χ0n) is 12.7. The molecule has 0 radical (unpaired) electrons. The van der Waals surface area contributed by atoms with Crippen LogP contribution < -0.4 is 10.9 Å². The number of hydrogen-bond donors (Lipinski definition) is 1. The number of nitrogens with zero attached hydrogens (tertiary/aromatic N) is 2. The molecule has 1 saturated carbocycles. The van der Waals surface area contributed by atoms with Gasteiger partial charge in [-0.25, -0.2) is 9.07 Å². The molecule has 116 valence electrons. The monoisotopic (exact) mass is 301 g/mol. The summed E-state index contributed by atoms with van der Waals surface area (Å²) in [4.78, 5) is 12.4. The Morgan fingerprint density at radius 2 is 2.05 bits per heavy atom. The van der Waals surface area contributed by atoms with E-state index in [9.17, 15) is 9.18 Å². The lowest BCUT2D eigenvalue weighted by atomic mass is 10.1. The van der Waals surface area contributed by atoms with Gasteiger partial charge in [0.25, 0.3) is 5.56 Å². The zero-order valence-corrected chi connectivity index (χ0v) is 12.7. The molecule has 1 aromatic heterocycles. The molecule has 0 unspecified atom stereocenters. The predicted molar refractivity (Wildman–Crippen MR) is 84.0 cm³/mol. The minimum absolute atomic E-state index is 0.0409. The standard InChI is InChI=1S/C17H20FN3O/c1-2-9-21-17(22)13(11-19-15-7-8-15)10-16(20-21)12-3-5-14(18)6-4-12/h3-6,10,15,19H,2,7-9,11H2,1H3. The van der Waals surface area contributed by atoms with E-state index in [1.54, 1.807) is 12.1 Å². The van der Waals surface area contributed by atoms with Crippen LogP contribution in [0.15, 0.2) is 35.1 Å². The van der Waals surface area contributed by atoms with Gasteiger partial charge in [-0.15, -0.1) is 0 Å². The third-order valence-corrected chi connectivity index (χ3v) is 3.78. The molecule has 0 amide bonds. The highest BCUT2D eigenvalue weighted by atomic mass is 19.1. The van der Waals surface area contributed by atoms with Gasteiger partial charge < -0.3 is 5.32 Å². The van der Waals surface area contributed by atoms with Crippen molar-refractivity contribution in [2.24, 2.45) is 0 Å². The van der Waals surface area contributed by atoms with Crippen LogP contribution in [0.5, 0.6) is 0 Å². The van der Waals surface area contributed by atoms with Gasteiger partial charge in [-0.1, -0.05) is 6.92 Å². The van der Waals surface area contributed by atoms with Crippen molar-refractivity contribution < 1.29 is 4.39 Å². The summed E-state index contributed by atoms with van der Waals surface area (Å²) < 4.78 is 14.6. The van der Waals surface area contributed by atoms with Crippen molar-refractivity contribution in [3.8, 4) is 11.3 Å². The summed E-state index contributed by atoms with van der Waals surface area (Å²) in [7, 11) is 0. The van der Waals surface area contributed by atoms with Crippen molar-refractivity contribution in [2.75, 3.05) is 0 Å². The maximum absolute atomic E-state index is 13.1. The summed E-state index contributed by atoms with van der Waals surface area (Å²) in [6.45, 7) is 3.16. The molecule has 0 saturated heterocycles. The molecule has 0 bridgehead atoms. The largest absolute Gasteiger partial charge is 0.310 e. The fourth-order valence-corrected chi connectivity index (χ4v) is 2.39. The highest BCUT2D eigenvalue weighted by Gasteiger charge is 2.21. The SMILES string of the molecule is CCCn1nc(-c2ccc(F)cc2)cc(CNC2CC2)c1=O. The maximum Gasteiger partial charge on any atom is 0.271 e. The van der Waals surface area contributed by atoms with Crippen molar-refractivity contribution >= 4 is 0 Å². The Balaban J connectivity index is 1.96. The molecule has 5 heteroatoms. The van der Waals surface area contributed by atoms with Gasteiger partial charge in [-0.3, -0.25) is 4.79 Å². The van der Waals surface area contributed by atoms with Crippen LogP contribution in [0.25, 0.3) is 11.3 Å². The molecule has 1 aromatic carbocycles. The Kier molecular flexibility index (Phi) is 4.34. The molecule has 0 aliphatic heterocycles. The van der Waals surface area contributed by atoms with Gasteiger partial charge in [-0.05, 0) is 49.6 Å². The first-order valence-corrected chi connectivity index (χ1v) is 7.77. The Hall–Kier alpha value is -2.01. The molecule has 1 aliphatic carbocycles. The van der Waals surface area contributed by atoms with E-state index in [0.717, 1.165) is 17.5 Å². The van der Waals surface area contributed by atoms with E-state index in [4.69, 9.17) is 0 Å². The lowest BCUT2D eigenvalue weighted by Gasteiger charge is -2.10. The van der Waals surface area contributed by atoms with Gasteiger partial charge in [0, 0.05) is 30.3 Å². The van der Waals surface area contributed by atoms with Gasteiger partial charge in [0.1, 0.15) is 5.82 Å². The van der Waals surface area contributed by atoms with Crippen molar-refractivity contribution in [1.29, 1.82) is 0 Å². The molecule has 3 rings (SSSR count). The maximum atomic E-state index is 13.1. The van der Waals surface area contributed by atoms with E-state index in [1.807, 2.05) is 13.0 Å². The fourth-order valence-electron chi connectivity index (χ4n) is 2.39. The van der Waals surface area contributed by atoms with E-state index in [2.05, 4.69) is 10.4 Å². The molecular formula is C17H20FN3O. The van der Waals surface area contributed by atoms with Crippen LogP contribution in [-0.4, -0.2) is 15.8 Å². The second-order valence-corrected chi connectivity index (χ2v) is 5.75. The van der Waals surface area contributed by atoms with Crippen LogP contribution in [-0.2, 0) is 13.1 Å². The summed E-state index contributed by atoms with van der Waals surface area (Å²) in [5.41, 5.74) is 2.20. The molecular weight excluding hydrogens is 281 g/mol. The van der Waals surface area contributed by atoms with E-state index in [1.165, 1.54) is 29.7 Å². The molecule has 1 fully saturated rings. The summed E-state index contributed by atoms with van der Waals surface area (Å²) in [6.07, 6.45) is 3.20. The van der Waals surface area contributed by atoms with E-state index in [-0.39, 0.29) is 11.4 Å². The van der Waals surface area contributed by atoms with Crippen LogP contribution in [0.4, 0.5) is 4.39 Å². The van der Waals surface area contributed by atoms with E-state index in [0.29, 0.717) is 24.8 Å². The Labute approximate surface area is 129 Å². The minimum atomic E-state index is -0.277. The van der Waals surface area contributed by atoms with Gasteiger partial charge in [-0.2, -0.15) is 5.10 Å². The predicted octanol–water partition coefficient (Wildman–Crippen LogP) is 2.71. The fraction of sp³-hybridized carbons (Fsp3) is 0.412. The quantitative estimate of drug-likeness (QED) is 0.892. The van der Waals surface area contributed by atoms with Crippen molar-refractivity contribution in [3.05, 3.63) is 52.1 Å². The number of hydrogen-bond acceptors (Lipinski definition) is 3. The van der Waals surface area contributed by atoms with E-state index < -0.39 is 0 Å². The van der Waals surface area contributed by atoms with Gasteiger partial charge in [0.2, 0.25) is 0 Å². The van der Waals surface area contributed by atoms with Crippen LogP contribution in [0.3, 0.4) is 0 Å². The van der Waals surface area contributed by atoms with Gasteiger partial charge in [0.05, 0.1) is 5.69 Å². The number of benzene rings is 1. The molecule has 0 atom stereocenters. The lowest BCUT2D eigenvalue weighted by molar-refractivity contribution is 0.557. The summed E-state index contributed by atoms with van der Waals surface area (Å²) in [5, 5.41) is 7.79. The highest BCUT2D eigenvalue weighted by molar-refractivity contribution is 5.58. The van der Waals surface area contributed by atoms with Crippen molar-refractivity contribution in [3.63, 3.8) is 0 Å². The summed E-state index contributed by atoms with van der Waals surface area (Å²) in [6, 6.07) is 8.56. The first-order valence-electron chi connectivity index (χ1n) is 7.77. The van der Waals surface area contributed by atoms with Gasteiger partial charge >= 0.3 is 0 Å². The summed E-state index contributed by atoms with van der Waals surface area (Å²) in [5.74, 6) is -0.277. The lowest BCUT2D eigenvalue weighted by Crippen LogP contribution is -2.30. The Morgan fingerprint density at radius 3 is 2.68 bits per heavy atom. The van der Waals surface area contributed by atoms with Crippen LogP contribution >= 0.6 is 0 Å². The molecule has 22 heavy (non-hydrogen) atoms. The zero-order chi connectivity index (χ0) is 15.5. The first-order chi connectivity index (χ1) is 10.7. The van der Waals surface area contributed by atoms with Crippen LogP contribution in [0, 0.1) is 5.82 Å². The normalized spacial score (nSPS) is 14.3. The van der Waals surface area contributed by atoms with Crippen LogP contribution in [0.2, 0.25) is 0 Å². The molecule has 1 N–H and O–H groups in total. The number of rotatable bonds is 6. The van der Waals surface area contributed by atoms with Crippen molar-refractivity contribution in [2.45, 2.75) is 45.3 Å².